The van der Waals surface area contributed by atoms with Gasteiger partial charge in [-0.25, -0.2) is 0 Å². The second-order valence-electron chi connectivity index (χ2n) is 4.07. The lowest BCUT2D eigenvalue weighted by molar-refractivity contribution is 0.160. The zero-order chi connectivity index (χ0) is 10.6. The van der Waals surface area contributed by atoms with E-state index in [4.69, 9.17) is 4.18 Å². The third-order valence-electron chi connectivity index (χ3n) is 2.89. The molecule has 1 aliphatic carbocycles. The summed E-state index contributed by atoms with van der Waals surface area (Å²) in [5, 5.41) is -0.371. The van der Waals surface area contributed by atoms with Gasteiger partial charge in [0.1, 0.15) is 0 Å². The van der Waals surface area contributed by atoms with Crippen LogP contribution in [0.15, 0.2) is 0 Å². The molecule has 1 atom stereocenters. The molecule has 0 saturated heterocycles. The van der Waals surface area contributed by atoms with Crippen LogP contribution in [0.4, 0.5) is 0 Å². The monoisotopic (exact) mass is 220 g/mol. The summed E-state index contributed by atoms with van der Waals surface area (Å²) in [6.45, 7) is 3.57. The van der Waals surface area contributed by atoms with Crippen LogP contribution in [-0.4, -0.2) is 19.8 Å². The molecule has 1 rings (SSSR count). The van der Waals surface area contributed by atoms with Crippen molar-refractivity contribution in [1.82, 2.24) is 0 Å². The van der Waals surface area contributed by atoms with Crippen LogP contribution in [0.2, 0.25) is 0 Å². The fraction of sp³-hybridized carbons (Fsp3) is 1.00. The van der Waals surface area contributed by atoms with Gasteiger partial charge in [0, 0.05) is 0 Å². The van der Waals surface area contributed by atoms with Crippen LogP contribution in [0.5, 0.6) is 0 Å². The van der Waals surface area contributed by atoms with Gasteiger partial charge in [0.15, 0.2) is 0 Å². The summed E-state index contributed by atoms with van der Waals surface area (Å²) >= 11 is 0. The van der Waals surface area contributed by atoms with Crippen LogP contribution in [0.3, 0.4) is 0 Å². The molecule has 0 heterocycles. The zero-order valence-electron chi connectivity index (χ0n) is 9.03. The lowest BCUT2D eigenvalue weighted by Gasteiger charge is -2.22. The third kappa shape index (κ3) is 3.24. The molecular weight excluding hydrogens is 200 g/mol. The Kier molecular flexibility index (Phi) is 4.38. The Morgan fingerprint density at radius 3 is 2.36 bits per heavy atom. The molecule has 1 aliphatic rings. The molecule has 1 saturated carbocycles. The van der Waals surface area contributed by atoms with Gasteiger partial charge in [-0.05, 0) is 26.2 Å². The smallest absolute Gasteiger partial charge is 0.267 e. The van der Waals surface area contributed by atoms with Crippen LogP contribution >= 0.6 is 0 Å². The van der Waals surface area contributed by atoms with Crippen molar-refractivity contribution >= 4 is 10.1 Å². The van der Waals surface area contributed by atoms with Gasteiger partial charge < -0.3 is 0 Å². The maximum Gasteiger partial charge on any atom is 0.270 e. The van der Waals surface area contributed by atoms with E-state index in [0.717, 1.165) is 25.7 Å². The molecule has 1 fully saturated rings. The van der Waals surface area contributed by atoms with E-state index in [1.165, 1.54) is 6.42 Å². The van der Waals surface area contributed by atoms with Crippen LogP contribution in [0.1, 0.15) is 52.4 Å². The molecule has 0 amide bonds. The normalized spacial score (nSPS) is 22.1. The first-order chi connectivity index (χ1) is 6.56. The van der Waals surface area contributed by atoms with Crippen molar-refractivity contribution in [2.24, 2.45) is 0 Å². The molecule has 14 heavy (non-hydrogen) atoms. The largest absolute Gasteiger partial charge is 0.270 e. The van der Waals surface area contributed by atoms with Crippen molar-refractivity contribution < 1.29 is 12.6 Å². The second kappa shape index (κ2) is 5.12. The van der Waals surface area contributed by atoms with Crippen LogP contribution in [0.25, 0.3) is 0 Å². The minimum atomic E-state index is -3.31. The Hall–Kier alpha value is -0.0900. The highest BCUT2D eigenvalue weighted by atomic mass is 32.2. The van der Waals surface area contributed by atoms with Crippen molar-refractivity contribution in [2.75, 3.05) is 0 Å². The van der Waals surface area contributed by atoms with Gasteiger partial charge in [0.05, 0.1) is 11.4 Å². The number of rotatable bonds is 4. The fourth-order valence-corrected chi connectivity index (χ4v) is 2.82. The summed E-state index contributed by atoms with van der Waals surface area (Å²) in [5.74, 6) is 0. The molecule has 0 radical (unpaired) electrons. The van der Waals surface area contributed by atoms with Crippen LogP contribution in [0, 0.1) is 0 Å². The summed E-state index contributed by atoms with van der Waals surface area (Å²) < 4.78 is 28.4. The summed E-state index contributed by atoms with van der Waals surface area (Å²) in [5.41, 5.74) is 0. The number of hydrogen-bond donors (Lipinski definition) is 0. The predicted molar refractivity (Wildman–Crippen MR) is 56.6 cm³/mol. The van der Waals surface area contributed by atoms with Crippen LogP contribution < -0.4 is 0 Å². The van der Waals surface area contributed by atoms with E-state index in [1.807, 2.05) is 6.92 Å². The summed E-state index contributed by atoms with van der Waals surface area (Å²) in [6, 6.07) is 0. The first-order valence-electron chi connectivity index (χ1n) is 5.48. The van der Waals surface area contributed by atoms with Gasteiger partial charge >= 0.3 is 0 Å². The Labute approximate surface area is 87.0 Å². The molecule has 84 valence electrons. The van der Waals surface area contributed by atoms with Gasteiger partial charge in [-0.1, -0.05) is 26.2 Å². The first-order valence-corrected chi connectivity index (χ1v) is 6.95. The van der Waals surface area contributed by atoms with Gasteiger partial charge in [0.25, 0.3) is 10.1 Å². The van der Waals surface area contributed by atoms with E-state index in [1.54, 1.807) is 6.92 Å². The van der Waals surface area contributed by atoms with Crippen molar-refractivity contribution in [1.29, 1.82) is 0 Å². The zero-order valence-corrected chi connectivity index (χ0v) is 9.85. The Morgan fingerprint density at radius 1 is 1.29 bits per heavy atom. The average molecular weight is 220 g/mol. The highest BCUT2D eigenvalue weighted by Gasteiger charge is 2.25. The Morgan fingerprint density at radius 2 is 1.86 bits per heavy atom. The molecule has 4 heteroatoms. The molecule has 0 aromatic carbocycles. The minimum Gasteiger partial charge on any atom is -0.267 e. The van der Waals surface area contributed by atoms with Gasteiger partial charge in [0.2, 0.25) is 0 Å². The van der Waals surface area contributed by atoms with E-state index in [2.05, 4.69) is 0 Å². The molecular formula is C10H20O3S. The number of hydrogen-bond acceptors (Lipinski definition) is 3. The SMILES string of the molecule is CCC(C)S(=O)(=O)OC1CCCCC1. The highest BCUT2D eigenvalue weighted by Crippen LogP contribution is 2.23. The topological polar surface area (TPSA) is 43.4 Å². The van der Waals surface area contributed by atoms with Gasteiger partial charge in [-0.2, -0.15) is 8.42 Å². The maximum absolute atomic E-state index is 11.6. The van der Waals surface area contributed by atoms with Crippen molar-refractivity contribution in [3.05, 3.63) is 0 Å². The molecule has 0 spiro atoms. The molecule has 0 aliphatic heterocycles. The van der Waals surface area contributed by atoms with Crippen molar-refractivity contribution in [2.45, 2.75) is 63.7 Å². The maximum atomic E-state index is 11.6. The predicted octanol–water partition coefficient (Wildman–Crippen LogP) is 2.46. The van der Waals surface area contributed by atoms with E-state index in [0.29, 0.717) is 6.42 Å². The standard InChI is InChI=1S/C10H20O3S/c1-3-9(2)14(11,12)13-10-7-5-4-6-8-10/h9-10H,3-8H2,1-2H3. The summed E-state index contributed by atoms with van der Waals surface area (Å²) in [7, 11) is -3.31. The molecule has 0 bridgehead atoms. The van der Waals surface area contributed by atoms with E-state index in [-0.39, 0.29) is 11.4 Å². The highest BCUT2D eigenvalue weighted by molar-refractivity contribution is 7.87. The molecule has 1 unspecified atom stereocenters. The minimum absolute atomic E-state index is 0.0530. The lowest BCUT2D eigenvalue weighted by Crippen LogP contribution is -2.27. The molecule has 3 nitrogen and oxygen atoms in total. The van der Waals surface area contributed by atoms with E-state index >= 15 is 0 Å². The Bertz CT molecular complexity index is 253. The molecule has 0 aromatic heterocycles. The average Bonchev–Trinajstić information content (AvgIpc) is 2.17. The first kappa shape index (κ1) is 12.0. The molecule has 0 N–H and O–H groups in total. The van der Waals surface area contributed by atoms with Gasteiger partial charge in [-0.3, -0.25) is 4.18 Å². The lowest BCUT2D eigenvalue weighted by atomic mass is 9.98. The van der Waals surface area contributed by atoms with Crippen molar-refractivity contribution in [3.63, 3.8) is 0 Å². The van der Waals surface area contributed by atoms with E-state index in [9.17, 15) is 8.42 Å². The third-order valence-corrected chi connectivity index (χ3v) is 4.75. The second-order valence-corrected chi connectivity index (χ2v) is 6.05. The fourth-order valence-electron chi connectivity index (χ4n) is 1.65. The van der Waals surface area contributed by atoms with Gasteiger partial charge in [-0.15, -0.1) is 0 Å². The van der Waals surface area contributed by atoms with Crippen molar-refractivity contribution in [3.8, 4) is 0 Å². The van der Waals surface area contributed by atoms with E-state index < -0.39 is 10.1 Å². The quantitative estimate of drug-likeness (QED) is 0.684. The van der Waals surface area contributed by atoms with Crippen LogP contribution in [-0.2, 0) is 14.3 Å². The summed E-state index contributed by atoms with van der Waals surface area (Å²) in [4.78, 5) is 0. The Balaban J connectivity index is 2.49. The summed E-state index contributed by atoms with van der Waals surface area (Å²) in [6.07, 6.45) is 5.77. The molecule has 0 aromatic rings.